The predicted molar refractivity (Wildman–Crippen MR) is 81.3 cm³/mol. The molecule has 0 spiro atoms. The van der Waals surface area contributed by atoms with E-state index < -0.39 is 22.2 Å². The zero-order chi connectivity index (χ0) is 16.3. The monoisotopic (exact) mass is 331 g/mol. The molecule has 0 bridgehead atoms. The third-order valence-corrected chi connectivity index (χ3v) is 5.44. The maximum Gasteiger partial charge on any atom is 0.217 e. The van der Waals surface area contributed by atoms with Gasteiger partial charge in [-0.1, -0.05) is 12.1 Å². The van der Waals surface area contributed by atoms with Gasteiger partial charge in [0.15, 0.2) is 0 Å². The number of benzene rings is 1. The molecule has 1 aliphatic rings. The van der Waals surface area contributed by atoms with Crippen molar-refractivity contribution in [1.82, 2.24) is 4.31 Å². The van der Waals surface area contributed by atoms with Gasteiger partial charge < -0.3 is 9.84 Å². The molecule has 2 atom stereocenters. The third-order valence-electron chi connectivity index (χ3n) is 3.64. The van der Waals surface area contributed by atoms with E-state index in [4.69, 9.17) is 4.74 Å². The molecule has 5 nitrogen and oxygen atoms in total. The minimum absolute atomic E-state index is 0.0349. The molecule has 0 unspecified atom stereocenters. The van der Waals surface area contributed by atoms with E-state index in [1.54, 1.807) is 12.1 Å². The van der Waals surface area contributed by atoms with Gasteiger partial charge in [0.1, 0.15) is 5.82 Å². The highest BCUT2D eigenvalue weighted by atomic mass is 32.2. The van der Waals surface area contributed by atoms with Crippen molar-refractivity contribution in [2.24, 2.45) is 0 Å². The smallest absolute Gasteiger partial charge is 0.217 e. The van der Waals surface area contributed by atoms with E-state index in [0.717, 1.165) is 0 Å². The quantitative estimate of drug-likeness (QED) is 0.861. The first-order valence-corrected chi connectivity index (χ1v) is 8.95. The number of sulfonamides is 1. The molecule has 0 saturated carbocycles. The van der Waals surface area contributed by atoms with E-state index >= 15 is 0 Å². The minimum atomic E-state index is -3.54. The van der Waals surface area contributed by atoms with E-state index in [1.165, 1.54) is 16.4 Å². The highest BCUT2D eigenvalue weighted by Gasteiger charge is 2.39. The van der Waals surface area contributed by atoms with Crippen LogP contribution in [0.1, 0.15) is 31.9 Å². The van der Waals surface area contributed by atoms with Crippen LogP contribution in [0.5, 0.6) is 0 Å². The summed E-state index contributed by atoms with van der Waals surface area (Å²) in [6.07, 6.45) is -0.432. The van der Waals surface area contributed by atoms with Crippen LogP contribution in [-0.4, -0.2) is 48.9 Å². The van der Waals surface area contributed by atoms with Crippen LogP contribution in [0.15, 0.2) is 24.3 Å². The summed E-state index contributed by atoms with van der Waals surface area (Å²) in [5.41, 5.74) is 0.686. The van der Waals surface area contributed by atoms with E-state index in [2.05, 4.69) is 0 Å². The summed E-state index contributed by atoms with van der Waals surface area (Å²) < 4.78 is 44.6. The summed E-state index contributed by atoms with van der Waals surface area (Å²) in [6.45, 7) is 3.86. The average Bonchev–Trinajstić information content (AvgIpc) is 2.82. The number of aliphatic hydroxyl groups is 1. The normalized spacial score (nSPS) is 23.3. The van der Waals surface area contributed by atoms with Gasteiger partial charge in [-0.25, -0.2) is 12.8 Å². The van der Waals surface area contributed by atoms with Crippen molar-refractivity contribution in [3.63, 3.8) is 0 Å². The van der Waals surface area contributed by atoms with Gasteiger partial charge in [0, 0.05) is 6.54 Å². The number of ether oxygens (including phenoxy) is 1. The van der Waals surface area contributed by atoms with E-state index in [0.29, 0.717) is 12.0 Å². The van der Waals surface area contributed by atoms with Crippen LogP contribution >= 0.6 is 0 Å². The summed E-state index contributed by atoms with van der Waals surface area (Å²) in [4.78, 5) is 0. The van der Waals surface area contributed by atoms with Crippen molar-refractivity contribution in [3.8, 4) is 0 Å². The van der Waals surface area contributed by atoms with Crippen LogP contribution in [0.3, 0.4) is 0 Å². The number of halogens is 1. The lowest BCUT2D eigenvalue weighted by Gasteiger charge is -2.24. The number of nitrogens with zero attached hydrogens (tertiary/aromatic N) is 1. The first-order valence-electron chi connectivity index (χ1n) is 7.34. The maximum absolute atomic E-state index is 13.0. The molecule has 1 N–H and O–H groups in total. The first kappa shape index (κ1) is 17.3. The van der Waals surface area contributed by atoms with Gasteiger partial charge in [-0.05, 0) is 38.0 Å². The van der Waals surface area contributed by atoms with E-state index in [9.17, 15) is 17.9 Å². The lowest BCUT2D eigenvalue weighted by atomic mass is 10.0. The molecule has 1 aromatic rings. The van der Waals surface area contributed by atoms with Crippen molar-refractivity contribution in [2.75, 3.05) is 18.9 Å². The largest absolute Gasteiger partial charge is 0.392 e. The van der Waals surface area contributed by atoms with Crippen LogP contribution in [-0.2, 0) is 14.8 Å². The topological polar surface area (TPSA) is 66.8 Å². The zero-order valence-electron chi connectivity index (χ0n) is 12.8. The van der Waals surface area contributed by atoms with Gasteiger partial charge in [0.25, 0.3) is 0 Å². The maximum atomic E-state index is 13.0. The number of aliphatic hydroxyl groups excluding tert-OH is 1. The summed E-state index contributed by atoms with van der Waals surface area (Å²) in [5, 5.41) is 9.85. The lowest BCUT2D eigenvalue weighted by Crippen LogP contribution is -2.35. The molecule has 124 valence electrons. The lowest BCUT2D eigenvalue weighted by molar-refractivity contribution is 0.0905. The van der Waals surface area contributed by atoms with Gasteiger partial charge >= 0.3 is 0 Å². The van der Waals surface area contributed by atoms with Gasteiger partial charge in [0.05, 0.1) is 30.6 Å². The van der Waals surface area contributed by atoms with E-state index in [1.807, 2.05) is 13.8 Å². The molecule has 1 fully saturated rings. The fourth-order valence-electron chi connectivity index (χ4n) is 2.59. The highest BCUT2D eigenvalue weighted by Crippen LogP contribution is 2.34. The van der Waals surface area contributed by atoms with Crippen molar-refractivity contribution in [2.45, 2.75) is 38.5 Å². The second-order valence-electron chi connectivity index (χ2n) is 5.76. The Bertz CT molecular complexity index is 588. The molecule has 1 saturated heterocycles. The summed E-state index contributed by atoms with van der Waals surface area (Å²) in [7, 11) is -3.54. The van der Waals surface area contributed by atoms with Crippen LogP contribution in [0.25, 0.3) is 0 Å². The first-order chi connectivity index (χ1) is 10.3. The Morgan fingerprint density at radius 1 is 1.36 bits per heavy atom. The molecule has 1 aliphatic heterocycles. The number of rotatable bonds is 6. The third kappa shape index (κ3) is 4.25. The van der Waals surface area contributed by atoms with E-state index in [-0.39, 0.29) is 30.8 Å². The van der Waals surface area contributed by atoms with Crippen LogP contribution in [0.2, 0.25) is 0 Å². The highest BCUT2D eigenvalue weighted by molar-refractivity contribution is 7.89. The molecule has 0 aliphatic carbocycles. The molecule has 2 rings (SSSR count). The Kier molecular flexibility index (Phi) is 5.55. The predicted octanol–water partition coefficient (Wildman–Crippen LogP) is 1.69. The fraction of sp³-hybridized carbons (Fsp3) is 0.600. The Morgan fingerprint density at radius 2 is 2.00 bits per heavy atom. The molecule has 7 heteroatoms. The SMILES string of the molecule is CC(C)OCCS(=O)(=O)N1C[C@@H](O)C[C@@H]1c1ccc(F)cc1. The van der Waals surface area contributed by atoms with Crippen LogP contribution < -0.4 is 0 Å². The molecule has 0 radical (unpaired) electrons. The van der Waals surface area contributed by atoms with Gasteiger partial charge in [-0.15, -0.1) is 0 Å². The fourth-order valence-corrected chi connectivity index (χ4v) is 4.12. The molecule has 22 heavy (non-hydrogen) atoms. The van der Waals surface area contributed by atoms with Crippen molar-refractivity contribution >= 4 is 10.0 Å². The number of hydrogen-bond donors (Lipinski definition) is 1. The standard InChI is InChI=1S/C15H22FNO4S/c1-11(2)21-7-8-22(19,20)17-10-14(18)9-15(17)12-3-5-13(16)6-4-12/h3-6,11,14-15,18H,7-10H2,1-2H3/t14-,15+/m0/s1. The van der Waals surface area contributed by atoms with Crippen LogP contribution in [0.4, 0.5) is 4.39 Å². The molecule has 0 aromatic heterocycles. The molecular weight excluding hydrogens is 309 g/mol. The molecule has 0 amide bonds. The van der Waals surface area contributed by atoms with Crippen molar-refractivity contribution < 1.29 is 22.7 Å². The van der Waals surface area contributed by atoms with Gasteiger partial charge in [-0.2, -0.15) is 4.31 Å². The summed E-state index contributed by atoms with van der Waals surface area (Å²) in [5.74, 6) is -0.502. The zero-order valence-corrected chi connectivity index (χ0v) is 13.6. The van der Waals surface area contributed by atoms with Gasteiger partial charge in [-0.3, -0.25) is 0 Å². The van der Waals surface area contributed by atoms with Crippen molar-refractivity contribution in [3.05, 3.63) is 35.6 Å². The molecule has 1 heterocycles. The van der Waals surface area contributed by atoms with Gasteiger partial charge in [0.2, 0.25) is 10.0 Å². The number of hydrogen-bond acceptors (Lipinski definition) is 4. The van der Waals surface area contributed by atoms with Crippen LogP contribution in [0, 0.1) is 5.82 Å². The second-order valence-corrected chi connectivity index (χ2v) is 7.80. The molecular formula is C15H22FNO4S. The Balaban J connectivity index is 2.14. The summed E-state index contributed by atoms with van der Waals surface area (Å²) >= 11 is 0. The summed E-state index contributed by atoms with van der Waals surface area (Å²) in [6, 6.07) is 5.26. The minimum Gasteiger partial charge on any atom is -0.392 e. The Labute approximate surface area is 130 Å². The van der Waals surface area contributed by atoms with Crippen molar-refractivity contribution in [1.29, 1.82) is 0 Å². The Morgan fingerprint density at radius 3 is 2.59 bits per heavy atom. The molecule has 1 aromatic carbocycles. The second kappa shape index (κ2) is 7.04. The number of β-amino-alcohol motifs (C(OH)–C–C–N with tert-alkyl or cyclic N) is 1. The Hall–Kier alpha value is -1.02. The average molecular weight is 331 g/mol.